The molecule has 3 heterocycles. The van der Waals surface area contributed by atoms with Gasteiger partial charge in [0.15, 0.2) is 5.76 Å². The summed E-state index contributed by atoms with van der Waals surface area (Å²) in [6.45, 7) is 1.88. The van der Waals surface area contributed by atoms with Crippen LogP contribution in [0.3, 0.4) is 0 Å². The predicted molar refractivity (Wildman–Crippen MR) is 94.7 cm³/mol. The van der Waals surface area contributed by atoms with Gasteiger partial charge in [-0.15, -0.1) is 0 Å². The Hall–Kier alpha value is -2.64. The van der Waals surface area contributed by atoms with Gasteiger partial charge in [0.2, 0.25) is 5.91 Å². The minimum absolute atomic E-state index is 0.00982. The van der Waals surface area contributed by atoms with Crippen LogP contribution in [0.4, 0.5) is 5.69 Å². The Morgan fingerprint density at radius 3 is 2.96 bits per heavy atom. The van der Waals surface area contributed by atoms with Gasteiger partial charge < -0.3 is 25.1 Å². The summed E-state index contributed by atoms with van der Waals surface area (Å²) in [7, 11) is 0. The highest BCUT2D eigenvalue weighted by Crippen LogP contribution is 2.30. The number of carbonyl (C=O) groups excluding carboxylic acids is 2. The molecule has 4 rings (SSSR count). The van der Waals surface area contributed by atoms with E-state index in [2.05, 4.69) is 10.6 Å². The second kappa shape index (κ2) is 6.93. The Balaban J connectivity index is 1.45. The zero-order chi connectivity index (χ0) is 18.1. The van der Waals surface area contributed by atoms with Crippen molar-refractivity contribution in [2.75, 3.05) is 24.5 Å². The number of rotatable bonds is 5. The zero-order valence-corrected chi connectivity index (χ0v) is 14.3. The van der Waals surface area contributed by atoms with Gasteiger partial charge in [-0.2, -0.15) is 0 Å². The summed E-state index contributed by atoms with van der Waals surface area (Å²) in [5, 5.41) is 15.7. The van der Waals surface area contributed by atoms with Crippen molar-refractivity contribution in [2.45, 2.75) is 19.1 Å². The largest absolute Gasteiger partial charge is 0.459 e. The first kappa shape index (κ1) is 16.8. The van der Waals surface area contributed by atoms with Crippen molar-refractivity contribution >= 4 is 17.5 Å². The third-order valence-electron chi connectivity index (χ3n) is 5.04. The molecule has 26 heavy (non-hydrogen) atoms. The molecule has 2 atom stereocenters. The van der Waals surface area contributed by atoms with Crippen molar-refractivity contribution in [1.29, 1.82) is 0 Å². The minimum Gasteiger partial charge on any atom is -0.459 e. The molecule has 2 aromatic rings. The molecular formula is C19H21N3O4. The van der Waals surface area contributed by atoms with Crippen LogP contribution in [0.25, 0.3) is 0 Å². The third-order valence-corrected chi connectivity index (χ3v) is 5.04. The van der Waals surface area contributed by atoms with Crippen molar-refractivity contribution in [2.24, 2.45) is 5.92 Å². The summed E-state index contributed by atoms with van der Waals surface area (Å²) >= 11 is 0. The van der Waals surface area contributed by atoms with Crippen LogP contribution in [0.15, 0.2) is 41.0 Å². The molecule has 0 aliphatic carbocycles. The van der Waals surface area contributed by atoms with Gasteiger partial charge in [0, 0.05) is 36.8 Å². The number of nitrogens with one attached hydrogen (secondary N) is 2. The SMILES string of the molecule is O=C(NCC1CNCC1O)c1occc1CN1C(=O)Cc2ccccc21. The Kier molecular flexibility index (Phi) is 4.48. The van der Waals surface area contributed by atoms with E-state index in [1.165, 1.54) is 6.26 Å². The number of anilines is 1. The Morgan fingerprint density at radius 2 is 2.15 bits per heavy atom. The molecule has 0 saturated carbocycles. The van der Waals surface area contributed by atoms with Gasteiger partial charge in [-0.25, -0.2) is 0 Å². The maximum Gasteiger partial charge on any atom is 0.287 e. The second-order valence-electron chi connectivity index (χ2n) is 6.76. The van der Waals surface area contributed by atoms with Crippen LogP contribution in [0.2, 0.25) is 0 Å². The van der Waals surface area contributed by atoms with Crippen molar-refractivity contribution in [3.63, 3.8) is 0 Å². The number of hydrogen-bond donors (Lipinski definition) is 3. The molecule has 0 bridgehead atoms. The standard InChI is InChI=1S/C19H21N3O4/c23-16-10-20-8-14(16)9-21-19(25)18-13(5-6-26-18)11-22-15-4-2-1-3-12(15)7-17(22)24/h1-6,14,16,20,23H,7-11H2,(H,21,25). The van der Waals surface area contributed by atoms with E-state index >= 15 is 0 Å². The van der Waals surface area contributed by atoms with Crippen molar-refractivity contribution in [3.8, 4) is 0 Å². The molecule has 1 aromatic heterocycles. The number of nitrogens with zero attached hydrogens (tertiary/aromatic N) is 1. The number of hydrogen-bond acceptors (Lipinski definition) is 5. The average molecular weight is 355 g/mol. The van der Waals surface area contributed by atoms with Crippen LogP contribution in [-0.4, -0.2) is 42.7 Å². The monoisotopic (exact) mass is 355 g/mol. The van der Waals surface area contributed by atoms with Crippen LogP contribution < -0.4 is 15.5 Å². The Labute approximate surface area is 151 Å². The maximum absolute atomic E-state index is 12.5. The molecule has 2 aliphatic rings. The Morgan fingerprint density at radius 1 is 1.31 bits per heavy atom. The van der Waals surface area contributed by atoms with Crippen LogP contribution in [0.1, 0.15) is 21.7 Å². The smallest absolute Gasteiger partial charge is 0.287 e. The van der Waals surface area contributed by atoms with E-state index in [0.717, 1.165) is 11.3 Å². The molecule has 1 fully saturated rings. The molecule has 0 spiro atoms. The number of benzene rings is 1. The van der Waals surface area contributed by atoms with E-state index in [9.17, 15) is 14.7 Å². The van der Waals surface area contributed by atoms with Crippen LogP contribution in [0.5, 0.6) is 0 Å². The van der Waals surface area contributed by atoms with E-state index in [0.29, 0.717) is 38.2 Å². The van der Waals surface area contributed by atoms with Crippen molar-refractivity contribution < 1.29 is 19.1 Å². The van der Waals surface area contributed by atoms with E-state index in [1.807, 2.05) is 24.3 Å². The van der Waals surface area contributed by atoms with E-state index in [4.69, 9.17) is 4.42 Å². The number of aliphatic hydroxyl groups is 1. The molecule has 1 saturated heterocycles. The molecule has 2 unspecified atom stereocenters. The lowest BCUT2D eigenvalue weighted by Gasteiger charge is -2.17. The number of amides is 2. The fourth-order valence-corrected chi connectivity index (χ4v) is 3.55. The lowest BCUT2D eigenvalue weighted by molar-refractivity contribution is -0.117. The quantitative estimate of drug-likeness (QED) is 0.733. The number of β-amino-alcohol motifs (C(OH)–C–C–N with tert-alkyl or cyclic N) is 1. The summed E-state index contributed by atoms with van der Waals surface area (Å²) in [4.78, 5) is 26.5. The van der Waals surface area contributed by atoms with E-state index < -0.39 is 6.10 Å². The van der Waals surface area contributed by atoms with Crippen molar-refractivity contribution in [3.05, 3.63) is 53.5 Å². The first-order valence-electron chi connectivity index (χ1n) is 8.75. The average Bonchev–Trinajstić information content (AvgIpc) is 3.33. The topological polar surface area (TPSA) is 94.8 Å². The fourth-order valence-electron chi connectivity index (χ4n) is 3.55. The molecule has 0 radical (unpaired) electrons. The molecule has 7 heteroatoms. The number of para-hydroxylation sites is 1. The summed E-state index contributed by atoms with van der Waals surface area (Å²) in [5.41, 5.74) is 2.54. The van der Waals surface area contributed by atoms with E-state index in [1.54, 1.807) is 11.0 Å². The summed E-state index contributed by atoms with van der Waals surface area (Å²) in [6.07, 6.45) is 1.38. The predicted octanol–water partition coefficient (Wildman–Crippen LogP) is 0.679. The first-order valence-corrected chi connectivity index (χ1v) is 8.75. The van der Waals surface area contributed by atoms with Crippen LogP contribution in [0, 0.1) is 5.92 Å². The van der Waals surface area contributed by atoms with Crippen molar-refractivity contribution in [1.82, 2.24) is 10.6 Å². The zero-order valence-electron chi connectivity index (χ0n) is 14.3. The van der Waals surface area contributed by atoms with Crippen LogP contribution >= 0.6 is 0 Å². The number of carbonyl (C=O) groups is 2. The normalized spacial score (nSPS) is 21.9. The first-order chi connectivity index (χ1) is 12.6. The fraction of sp³-hybridized carbons (Fsp3) is 0.368. The van der Waals surface area contributed by atoms with Gasteiger partial charge in [0.05, 0.1) is 25.3 Å². The number of fused-ring (bicyclic) bond motifs is 1. The number of furan rings is 1. The maximum atomic E-state index is 12.5. The molecule has 2 aliphatic heterocycles. The summed E-state index contributed by atoms with van der Waals surface area (Å²) in [5.74, 6) is -0.116. The highest BCUT2D eigenvalue weighted by molar-refractivity contribution is 6.01. The minimum atomic E-state index is -0.454. The lowest BCUT2D eigenvalue weighted by atomic mass is 10.1. The number of aliphatic hydroxyl groups excluding tert-OH is 1. The molecule has 136 valence electrons. The van der Waals surface area contributed by atoms with Gasteiger partial charge in [-0.1, -0.05) is 18.2 Å². The Bertz CT molecular complexity index is 832. The van der Waals surface area contributed by atoms with Gasteiger partial charge >= 0.3 is 0 Å². The summed E-state index contributed by atoms with van der Waals surface area (Å²) in [6, 6.07) is 9.38. The second-order valence-corrected chi connectivity index (χ2v) is 6.76. The van der Waals surface area contributed by atoms with Gasteiger partial charge in [0.1, 0.15) is 0 Å². The third kappa shape index (κ3) is 3.11. The summed E-state index contributed by atoms with van der Waals surface area (Å²) < 4.78 is 5.37. The van der Waals surface area contributed by atoms with Gasteiger partial charge in [-0.05, 0) is 17.7 Å². The van der Waals surface area contributed by atoms with Gasteiger partial charge in [-0.3, -0.25) is 9.59 Å². The molecule has 7 nitrogen and oxygen atoms in total. The molecular weight excluding hydrogens is 334 g/mol. The molecule has 1 aromatic carbocycles. The lowest BCUT2D eigenvalue weighted by Crippen LogP contribution is -2.35. The highest BCUT2D eigenvalue weighted by Gasteiger charge is 2.29. The van der Waals surface area contributed by atoms with E-state index in [-0.39, 0.29) is 23.5 Å². The van der Waals surface area contributed by atoms with Crippen LogP contribution in [-0.2, 0) is 17.8 Å². The molecule has 3 N–H and O–H groups in total. The van der Waals surface area contributed by atoms with Gasteiger partial charge in [0.25, 0.3) is 5.91 Å². The molecule has 2 amide bonds. The highest BCUT2D eigenvalue weighted by atomic mass is 16.3.